The third-order valence-electron chi connectivity index (χ3n) is 6.11. The van der Waals surface area contributed by atoms with E-state index in [0.717, 1.165) is 16.7 Å². The molecular formula is C25H18NO5. The van der Waals surface area contributed by atoms with Gasteiger partial charge in [-0.25, -0.2) is 4.79 Å². The molecule has 3 aromatic carbocycles. The number of esters is 1. The number of benzene rings is 3. The SMILES string of the molecule is O=C1OC(C2[C](N3Cc4ccccc4C3=O)OOc3ccccc32)Cc2ccccc21. The van der Waals surface area contributed by atoms with Crippen molar-refractivity contribution in [3.05, 3.63) is 107 Å². The summed E-state index contributed by atoms with van der Waals surface area (Å²) in [5.74, 6) is -0.442. The molecule has 6 heteroatoms. The molecule has 0 saturated carbocycles. The molecule has 0 saturated heterocycles. The van der Waals surface area contributed by atoms with Crippen LogP contribution in [0.25, 0.3) is 0 Å². The number of ether oxygens (including phenoxy) is 1. The number of carbonyl (C=O) groups excluding carboxylic acids is 2. The van der Waals surface area contributed by atoms with Gasteiger partial charge in [-0.15, -0.1) is 0 Å². The Bertz CT molecular complexity index is 1210. The van der Waals surface area contributed by atoms with Crippen molar-refractivity contribution in [3.63, 3.8) is 0 Å². The van der Waals surface area contributed by atoms with Crippen molar-refractivity contribution in [3.8, 4) is 5.75 Å². The maximum atomic E-state index is 13.2. The summed E-state index contributed by atoms with van der Waals surface area (Å²) < 4.78 is 5.88. The quantitative estimate of drug-likeness (QED) is 0.470. The first kappa shape index (κ1) is 18.2. The lowest BCUT2D eigenvalue weighted by atomic mass is 9.84. The van der Waals surface area contributed by atoms with Crippen LogP contribution in [0.5, 0.6) is 5.75 Å². The number of amides is 1. The van der Waals surface area contributed by atoms with Gasteiger partial charge in [-0.05, 0) is 29.3 Å². The van der Waals surface area contributed by atoms with E-state index >= 15 is 0 Å². The molecule has 3 heterocycles. The Morgan fingerprint density at radius 2 is 1.48 bits per heavy atom. The normalized spacial score (nSPS) is 22.3. The molecule has 0 bridgehead atoms. The smallest absolute Gasteiger partial charge is 0.338 e. The zero-order chi connectivity index (χ0) is 20.9. The largest absolute Gasteiger partial charge is 0.458 e. The number of fused-ring (bicyclic) bond motifs is 3. The topological polar surface area (TPSA) is 65.1 Å². The summed E-state index contributed by atoms with van der Waals surface area (Å²) in [6, 6.07) is 22.4. The Morgan fingerprint density at radius 1 is 0.774 bits per heavy atom. The highest BCUT2D eigenvalue weighted by atomic mass is 17.2. The Morgan fingerprint density at radius 3 is 2.32 bits per heavy atom. The van der Waals surface area contributed by atoms with Crippen molar-refractivity contribution < 1.29 is 24.1 Å². The van der Waals surface area contributed by atoms with E-state index in [-0.39, 0.29) is 11.9 Å². The molecule has 0 aliphatic carbocycles. The first-order chi connectivity index (χ1) is 15.2. The van der Waals surface area contributed by atoms with Crippen LogP contribution in [0.2, 0.25) is 0 Å². The summed E-state index contributed by atoms with van der Waals surface area (Å²) in [5, 5.41) is 0. The zero-order valence-electron chi connectivity index (χ0n) is 16.5. The number of rotatable bonds is 2. The van der Waals surface area contributed by atoms with Gasteiger partial charge >= 0.3 is 5.97 Å². The van der Waals surface area contributed by atoms with Crippen LogP contribution in [0.4, 0.5) is 0 Å². The van der Waals surface area contributed by atoms with Crippen molar-refractivity contribution >= 4 is 11.9 Å². The minimum Gasteiger partial charge on any atom is -0.458 e. The van der Waals surface area contributed by atoms with Gasteiger partial charge in [0.25, 0.3) is 12.1 Å². The van der Waals surface area contributed by atoms with Crippen molar-refractivity contribution in [1.82, 2.24) is 4.90 Å². The molecule has 1 radical (unpaired) electrons. The molecule has 3 aromatic rings. The molecule has 0 fully saturated rings. The molecule has 6 rings (SSSR count). The number of hydrogen-bond donors (Lipinski definition) is 0. The second-order valence-electron chi connectivity index (χ2n) is 7.87. The fraction of sp³-hybridized carbons (Fsp3) is 0.160. The van der Waals surface area contributed by atoms with E-state index in [1.54, 1.807) is 17.0 Å². The maximum absolute atomic E-state index is 13.2. The molecule has 0 N–H and O–H groups in total. The average Bonchev–Trinajstić information content (AvgIpc) is 3.15. The van der Waals surface area contributed by atoms with E-state index in [1.165, 1.54) is 0 Å². The van der Waals surface area contributed by atoms with Crippen LogP contribution >= 0.6 is 0 Å². The molecule has 31 heavy (non-hydrogen) atoms. The minimum atomic E-state index is -0.529. The van der Waals surface area contributed by atoms with Gasteiger partial charge in [-0.1, -0.05) is 54.6 Å². The van der Waals surface area contributed by atoms with Crippen molar-refractivity contribution in [2.24, 2.45) is 0 Å². The molecule has 2 atom stereocenters. The second-order valence-corrected chi connectivity index (χ2v) is 7.87. The highest BCUT2D eigenvalue weighted by molar-refractivity contribution is 5.99. The maximum Gasteiger partial charge on any atom is 0.338 e. The van der Waals surface area contributed by atoms with Crippen molar-refractivity contribution in [1.29, 1.82) is 0 Å². The number of nitrogens with zero attached hydrogens (tertiary/aromatic N) is 1. The van der Waals surface area contributed by atoms with Gasteiger partial charge in [0, 0.05) is 24.1 Å². The van der Waals surface area contributed by atoms with Crippen LogP contribution in [0.3, 0.4) is 0 Å². The number of hydrogen-bond acceptors (Lipinski definition) is 5. The standard InChI is InChI=1S/C25H18NO5/c27-23-17-9-3-2-8-16(17)14-26(23)24-22(19-11-5-6-12-20(19)30-31-24)21-13-15-7-1-4-10-18(15)25(28)29-21/h1-12,21-22H,13-14H2. The molecule has 3 aliphatic heterocycles. The van der Waals surface area contributed by atoms with Crippen LogP contribution in [0.15, 0.2) is 72.8 Å². The first-order valence-corrected chi connectivity index (χ1v) is 10.2. The summed E-state index contributed by atoms with van der Waals surface area (Å²) in [7, 11) is 0. The van der Waals surface area contributed by atoms with Crippen LogP contribution in [0.1, 0.15) is 43.3 Å². The lowest BCUT2D eigenvalue weighted by Crippen LogP contribution is -2.45. The second kappa shape index (κ2) is 6.96. The average molecular weight is 412 g/mol. The number of para-hydroxylation sites is 1. The van der Waals surface area contributed by atoms with E-state index in [2.05, 4.69) is 0 Å². The van der Waals surface area contributed by atoms with Gasteiger partial charge in [-0.2, -0.15) is 4.89 Å². The summed E-state index contributed by atoms with van der Waals surface area (Å²) in [5.41, 5.74) is 3.88. The Labute approximate surface area is 178 Å². The predicted octanol–water partition coefficient (Wildman–Crippen LogP) is 4.02. The predicted molar refractivity (Wildman–Crippen MR) is 110 cm³/mol. The summed E-state index contributed by atoms with van der Waals surface area (Å²) in [6.07, 6.45) is 0.332. The lowest BCUT2D eigenvalue weighted by Gasteiger charge is -2.40. The molecule has 0 aromatic heterocycles. The van der Waals surface area contributed by atoms with E-state index in [1.807, 2.05) is 60.7 Å². The molecular weight excluding hydrogens is 394 g/mol. The van der Waals surface area contributed by atoms with Gasteiger partial charge in [0.2, 0.25) is 0 Å². The van der Waals surface area contributed by atoms with Gasteiger partial charge in [0.05, 0.1) is 11.5 Å². The van der Waals surface area contributed by atoms with Gasteiger partial charge in [0.1, 0.15) is 6.10 Å². The monoisotopic (exact) mass is 412 g/mol. The van der Waals surface area contributed by atoms with Crippen LogP contribution in [-0.2, 0) is 22.6 Å². The van der Waals surface area contributed by atoms with Gasteiger partial charge in [-0.3, -0.25) is 9.69 Å². The summed E-state index contributed by atoms with van der Waals surface area (Å²) in [6.45, 7) is 0.379. The fourth-order valence-electron chi connectivity index (χ4n) is 4.63. The highest BCUT2D eigenvalue weighted by Gasteiger charge is 2.49. The van der Waals surface area contributed by atoms with Crippen LogP contribution < -0.4 is 4.89 Å². The van der Waals surface area contributed by atoms with E-state index < -0.39 is 12.0 Å². The Hall–Kier alpha value is -3.64. The van der Waals surface area contributed by atoms with Crippen molar-refractivity contribution in [2.45, 2.75) is 25.0 Å². The molecule has 3 aliphatic rings. The van der Waals surface area contributed by atoms with E-state index in [9.17, 15) is 9.59 Å². The van der Waals surface area contributed by atoms with Crippen LogP contribution in [-0.4, -0.2) is 22.9 Å². The molecule has 0 spiro atoms. The molecule has 153 valence electrons. The van der Waals surface area contributed by atoms with Gasteiger partial charge in [0.15, 0.2) is 5.75 Å². The van der Waals surface area contributed by atoms with Gasteiger partial charge < -0.3 is 9.62 Å². The summed E-state index contributed by atoms with van der Waals surface area (Å²) in [4.78, 5) is 38.7. The first-order valence-electron chi connectivity index (χ1n) is 10.2. The minimum absolute atomic E-state index is 0.152. The van der Waals surface area contributed by atoms with E-state index in [0.29, 0.717) is 36.1 Å². The summed E-state index contributed by atoms with van der Waals surface area (Å²) >= 11 is 0. The molecule has 2 unspecified atom stereocenters. The lowest BCUT2D eigenvalue weighted by molar-refractivity contribution is -0.245. The Kier molecular flexibility index (Phi) is 4.07. The Balaban J connectivity index is 1.41. The third-order valence-corrected chi connectivity index (χ3v) is 6.11. The third kappa shape index (κ3) is 2.83. The van der Waals surface area contributed by atoms with Crippen LogP contribution in [0, 0.1) is 6.23 Å². The van der Waals surface area contributed by atoms with Crippen molar-refractivity contribution in [2.75, 3.05) is 0 Å². The number of carbonyl (C=O) groups is 2. The van der Waals surface area contributed by atoms with E-state index in [4.69, 9.17) is 14.5 Å². The molecule has 6 nitrogen and oxygen atoms in total. The zero-order valence-corrected chi connectivity index (χ0v) is 16.5. The fourth-order valence-corrected chi connectivity index (χ4v) is 4.63. The number of cyclic esters (lactones) is 1. The molecule has 1 amide bonds. The highest BCUT2D eigenvalue weighted by Crippen LogP contribution is 2.47.